The molecule has 1 saturated carbocycles. The molecule has 1 aliphatic heterocycles. The Hall–Kier alpha value is -3.69. The first kappa shape index (κ1) is 26.9. The van der Waals surface area contributed by atoms with E-state index in [-0.39, 0.29) is 36.7 Å². The average Bonchev–Trinajstić information content (AvgIpc) is 3.62. The van der Waals surface area contributed by atoms with Gasteiger partial charge < -0.3 is 20.1 Å². The molecule has 1 unspecified atom stereocenters. The standard InChI is InChI=1S/C27H26F3N5O3S/c1-27(30)13-35(14-27)23(36)10-16-5-7-17(18(9-16)19-11-20(24(28)29)31-12-21(19)38-2)25(37)32-26-34-33-22(39-26)8-6-15-3-4-15/h5,7,9,11-12,15,24-25,37H,3-4,10,13-14H2,1-2H3,(H,32,34). The lowest BCUT2D eigenvalue weighted by Gasteiger charge is -2.42. The number of carbonyl (C=O) groups is 1. The van der Waals surface area contributed by atoms with Crippen LogP contribution in [0.15, 0.2) is 30.5 Å². The molecule has 8 nitrogen and oxygen atoms in total. The van der Waals surface area contributed by atoms with Gasteiger partial charge in [-0.05, 0) is 42.9 Å². The SMILES string of the molecule is COc1cnc(C(F)F)cc1-c1cc(CC(=O)N2CC(C)(F)C2)ccc1C(O)Nc1nnc(C#CC2CC2)s1. The summed E-state index contributed by atoms with van der Waals surface area (Å²) in [6.45, 7) is 1.48. The molecule has 5 rings (SSSR count). The fourth-order valence-electron chi connectivity index (χ4n) is 4.27. The Morgan fingerprint density at radius 3 is 2.72 bits per heavy atom. The first-order valence-electron chi connectivity index (χ1n) is 12.3. The van der Waals surface area contributed by atoms with Crippen molar-refractivity contribution in [3.63, 3.8) is 0 Å². The molecule has 1 amide bonds. The molecule has 1 aromatic carbocycles. The molecule has 1 aliphatic carbocycles. The fourth-order valence-corrected chi connectivity index (χ4v) is 4.89. The van der Waals surface area contributed by atoms with Crippen LogP contribution in [-0.4, -0.2) is 57.0 Å². The second-order valence-electron chi connectivity index (χ2n) is 9.87. The number of alkyl halides is 3. The number of aliphatic hydroxyl groups excluding tert-OH is 1. The maximum atomic E-state index is 13.9. The normalized spacial score (nSPS) is 16.7. The van der Waals surface area contributed by atoms with Gasteiger partial charge in [-0.25, -0.2) is 13.2 Å². The third-order valence-electron chi connectivity index (χ3n) is 6.43. The Bertz CT molecular complexity index is 1440. The maximum Gasteiger partial charge on any atom is 0.280 e. The zero-order valence-corrected chi connectivity index (χ0v) is 22.1. The van der Waals surface area contributed by atoms with Crippen LogP contribution in [0.3, 0.4) is 0 Å². The quantitative estimate of drug-likeness (QED) is 0.310. The summed E-state index contributed by atoms with van der Waals surface area (Å²) in [7, 11) is 1.38. The van der Waals surface area contributed by atoms with Gasteiger partial charge in [-0.3, -0.25) is 9.78 Å². The molecule has 0 radical (unpaired) electrons. The van der Waals surface area contributed by atoms with E-state index in [0.29, 0.717) is 32.7 Å². The number of aromatic nitrogens is 3. The minimum Gasteiger partial charge on any atom is -0.494 e. The van der Waals surface area contributed by atoms with E-state index in [1.807, 2.05) is 0 Å². The highest BCUT2D eigenvalue weighted by molar-refractivity contribution is 7.15. The van der Waals surface area contributed by atoms with Gasteiger partial charge in [0.1, 0.15) is 17.1 Å². The van der Waals surface area contributed by atoms with E-state index in [1.54, 1.807) is 18.2 Å². The number of ether oxygens (including phenoxy) is 1. The first-order valence-corrected chi connectivity index (χ1v) is 13.1. The summed E-state index contributed by atoms with van der Waals surface area (Å²) in [4.78, 5) is 17.9. The number of amides is 1. The Kier molecular flexibility index (Phi) is 7.46. The van der Waals surface area contributed by atoms with Crippen molar-refractivity contribution in [1.82, 2.24) is 20.1 Å². The van der Waals surface area contributed by atoms with E-state index >= 15 is 0 Å². The van der Waals surface area contributed by atoms with Crippen molar-refractivity contribution in [2.24, 2.45) is 5.92 Å². The molecular formula is C27H26F3N5O3S. The monoisotopic (exact) mass is 557 g/mol. The minimum absolute atomic E-state index is 0.0181. The lowest BCUT2D eigenvalue weighted by Crippen LogP contribution is -2.59. The molecular weight excluding hydrogens is 531 g/mol. The van der Waals surface area contributed by atoms with Crippen molar-refractivity contribution in [3.8, 4) is 28.7 Å². The molecule has 2 fully saturated rings. The molecule has 1 saturated heterocycles. The number of pyridine rings is 1. The molecule has 3 heterocycles. The lowest BCUT2D eigenvalue weighted by atomic mass is 9.93. The van der Waals surface area contributed by atoms with Crippen LogP contribution in [0.25, 0.3) is 11.1 Å². The zero-order valence-electron chi connectivity index (χ0n) is 21.2. The molecule has 1 atom stereocenters. The van der Waals surface area contributed by atoms with E-state index in [1.165, 1.54) is 42.5 Å². The average molecular weight is 558 g/mol. The van der Waals surface area contributed by atoms with Crippen molar-refractivity contribution in [2.75, 3.05) is 25.5 Å². The van der Waals surface area contributed by atoms with Crippen molar-refractivity contribution < 1.29 is 27.8 Å². The number of halogens is 3. The second kappa shape index (κ2) is 10.8. The van der Waals surface area contributed by atoms with Crippen molar-refractivity contribution in [3.05, 3.63) is 52.3 Å². The van der Waals surface area contributed by atoms with Gasteiger partial charge in [0.2, 0.25) is 11.0 Å². The number of benzene rings is 1. The number of anilines is 1. The summed E-state index contributed by atoms with van der Waals surface area (Å²) in [6.07, 6.45) is -0.809. The van der Waals surface area contributed by atoms with Gasteiger partial charge in [0.25, 0.3) is 6.43 Å². The van der Waals surface area contributed by atoms with Crippen LogP contribution in [0.4, 0.5) is 18.3 Å². The number of nitrogens with zero attached hydrogens (tertiary/aromatic N) is 4. The Morgan fingerprint density at radius 2 is 2.05 bits per heavy atom. The van der Waals surface area contributed by atoms with Gasteiger partial charge in [-0.15, -0.1) is 10.2 Å². The van der Waals surface area contributed by atoms with Gasteiger partial charge in [-0.1, -0.05) is 35.5 Å². The molecule has 0 bridgehead atoms. The zero-order chi connectivity index (χ0) is 27.7. The number of carbonyl (C=O) groups excluding carboxylic acids is 1. The summed E-state index contributed by atoms with van der Waals surface area (Å²) in [5, 5.41) is 22.9. The largest absolute Gasteiger partial charge is 0.494 e. The first-order chi connectivity index (χ1) is 18.6. The number of likely N-dealkylation sites (tertiary alicyclic amines) is 1. The fraction of sp³-hybridized carbons (Fsp3) is 0.407. The van der Waals surface area contributed by atoms with E-state index < -0.39 is 24.0 Å². The molecule has 12 heteroatoms. The van der Waals surface area contributed by atoms with E-state index in [2.05, 4.69) is 32.3 Å². The number of hydrogen-bond donors (Lipinski definition) is 2. The predicted molar refractivity (Wildman–Crippen MR) is 139 cm³/mol. The summed E-state index contributed by atoms with van der Waals surface area (Å²) >= 11 is 1.18. The summed E-state index contributed by atoms with van der Waals surface area (Å²) in [5.41, 5.74) is -0.349. The van der Waals surface area contributed by atoms with Crippen LogP contribution in [0.2, 0.25) is 0 Å². The Balaban J connectivity index is 1.46. The topological polar surface area (TPSA) is 100 Å². The van der Waals surface area contributed by atoms with Crippen LogP contribution >= 0.6 is 11.3 Å². The molecule has 3 aromatic rings. The number of hydrogen-bond acceptors (Lipinski definition) is 8. The number of methoxy groups -OCH3 is 1. The predicted octanol–water partition coefficient (Wildman–Crippen LogP) is 4.52. The molecule has 0 spiro atoms. The van der Waals surface area contributed by atoms with Gasteiger partial charge in [0.15, 0.2) is 11.2 Å². The highest BCUT2D eigenvalue weighted by Crippen LogP contribution is 2.38. The van der Waals surface area contributed by atoms with E-state index in [0.717, 1.165) is 12.8 Å². The molecule has 2 aromatic heterocycles. The number of rotatable bonds is 8. The van der Waals surface area contributed by atoms with Gasteiger partial charge >= 0.3 is 0 Å². The third kappa shape index (κ3) is 6.32. The van der Waals surface area contributed by atoms with Crippen LogP contribution in [0.1, 0.15) is 54.2 Å². The van der Waals surface area contributed by atoms with Crippen LogP contribution in [0.5, 0.6) is 5.75 Å². The Morgan fingerprint density at radius 1 is 1.28 bits per heavy atom. The van der Waals surface area contributed by atoms with Crippen LogP contribution in [0, 0.1) is 17.8 Å². The van der Waals surface area contributed by atoms with Gasteiger partial charge in [0, 0.05) is 17.0 Å². The summed E-state index contributed by atoms with van der Waals surface area (Å²) in [6, 6.07) is 6.08. The van der Waals surface area contributed by atoms with Crippen molar-refractivity contribution in [2.45, 2.75) is 44.5 Å². The Labute approximate surface area is 227 Å². The van der Waals surface area contributed by atoms with E-state index in [9.17, 15) is 23.1 Å². The highest BCUT2D eigenvalue weighted by Gasteiger charge is 2.41. The van der Waals surface area contributed by atoms with Crippen LogP contribution in [-0.2, 0) is 11.2 Å². The van der Waals surface area contributed by atoms with E-state index in [4.69, 9.17) is 4.74 Å². The lowest BCUT2D eigenvalue weighted by molar-refractivity contribution is -0.143. The molecule has 2 aliphatic rings. The second-order valence-corrected chi connectivity index (χ2v) is 10.9. The molecule has 39 heavy (non-hydrogen) atoms. The minimum atomic E-state index is -2.83. The number of nitrogens with one attached hydrogen (secondary N) is 1. The van der Waals surface area contributed by atoms with Crippen LogP contribution < -0.4 is 10.1 Å². The van der Waals surface area contributed by atoms with Crippen molar-refractivity contribution >= 4 is 22.4 Å². The smallest absolute Gasteiger partial charge is 0.280 e. The highest BCUT2D eigenvalue weighted by atomic mass is 32.1. The van der Waals surface area contributed by atoms with Gasteiger partial charge in [-0.2, -0.15) is 0 Å². The summed E-state index contributed by atoms with van der Waals surface area (Å²) < 4.78 is 46.4. The molecule has 2 N–H and O–H groups in total. The van der Waals surface area contributed by atoms with Crippen molar-refractivity contribution in [1.29, 1.82) is 0 Å². The number of aliphatic hydroxyl groups is 1. The summed E-state index contributed by atoms with van der Waals surface area (Å²) in [5.74, 6) is 6.44. The molecule has 204 valence electrons. The van der Waals surface area contributed by atoms with Gasteiger partial charge in [0.05, 0.1) is 32.8 Å². The third-order valence-corrected chi connectivity index (χ3v) is 7.20. The maximum absolute atomic E-state index is 13.9.